The van der Waals surface area contributed by atoms with E-state index >= 15 is 0 Å². The molecule has 0 saturated carbocycles. The van der Waals surface area contributed by atoms with Crippen LogP contribution in [-0.4, -0.2) is 16.9 Å². The molecule has 140 valence electrons. The monoisotopic (exact) mass is 369 g/mol. The van der Waals surface area contributed by atoms with Crippen molar-refractivity contribution in [3.8, 4) is 0 Å². The molecule has 0 aliphatic carbocycles. The molecular weight excluding hydrogens is 350 g/mol. The Labute approximate surface area is 148 Å². The first-order valence-corrected chi connectivity index (χ1v) is 8.09. The molecule has 8 heteroatoms. The summed E-state index contributed by atoms with van der Waals surface area (Å²) in [6.45, 7) is 1.82. The van der Waals surface area contributed by atoms with E-state index in [9.17, 15) is 22.4 Å². The number of nitrogens with one attached hydrogen (secondary N) is 2. The summed E-state index contributed by atoms with van der Waals surface area (Å²) in [5.74, 6) is -0.584. The summed E-state index contributed by atoms with van der Waals surface area (Å²) in [5.41, 5.74) is -0.108. The number of alkyl halides is 3. The Bertz CT molecular complexity index is 732. The molecule has 4 nitrogen and oxygen atoms in total. The van der Waals surface area contributed by atoms with Crippen LogP contribution in [0, 0.1) is 5.82 Å². The number of halogens is 4. The predicted molar refractivity (Wildman–Crippen MR) is 91.2 cm³/mol. The molecule has 0 spiro atoms. The number of aromatic nitrogens is 1. The first-order valence-electron chi connectivity index (χ1n) is 8.09. The van der Waals surface area contributed by atoms with Crippen molar-refractivity contribution in [2.24, 2.45) is 0 Å². The van der Waals surface area contributed by atoms with Gasteiger partial charge in [0.25, 0.3) is 0 Å². The van der Waals surface area contributed by atoms with E-state index < -0.39 is 11.9 Å². The number of carbonyl (C=O) groups is 1. The lowest BCUT2D eigenvalue weighted by Gasteiger charge is -2.16. The summed E-state index contributed by atoms with van der Waals surface area (Å²) in [7, 11) is 0. The van der Waals surface area contributed by atoms with Gasteiger partial charge in [0.2, 0.25) is 5.91 Å². The third-order valence-corrected chi connectivity index (χ3v) is 3.63. The Kier molecular flexibility index (Phi) is 6.54. The van der Waals surface area contributed by atoms with E-state index in [0.29, 0.717) is 24.2 Å². The Morgan fingerprint density at radius 2 is 1.85 bits per heavy atom. The molecule has 1 aromatic heterocycles. The van der Waals surface area contributed by atoms with Crippen molar-refractivity contribution in [1.82, 2.24) is 4.98 Å². The van der Waals surface area contributed by atoms with Crippen molar-refractivity contribution in [2.75, 3.05) is 10.6 Å². The van der Waals surface area contributed by atoms with Gasteiger partial charge in [-0.2, -0.15) is 13.2 Å². The van der Waals surface area contributed by atoms with Gasteiger partial charge in [-0.3, -0.25) is 9.78 Å². The maximum Gasteiger partial charge on any atom is 0.433 e. The van der Waals surface area contributed by atoms with Crippen LogP contribution >= 0.6 is 0 Å². The summed E-state index contributed by atoms with van der Waals surface area (Å²) < 4.78 is 50.7. The molecule has 0 saturated heterocycles. The maximum absolute atomic E-state index is 12.8. The predicted octanol–water partition coefficient (Wildman–Crippen LogP) is 4.85. The zero-order valence-electron chi connectivity index (χ0n) is 14.1. The number of hydrogen-bond donors (Lipinski definition) is 2. The average Bonchev–Trinajstić information content (AvgIpc) is 2.56. The van der Waals surface area contributed by atoms with Gasteiger partial charge in [-0.15, -0.1) is 0 Å². The van der Waals surface area contributed by atoms with Crippen LogP contribution in [-0.2, 0) is 11.0 Å². The van der Waals surface area contributed by atoms with Gasteiger partial charge in [0.05, 0.1) is 0 Å². The number of pyridine rings is 1. The fraction of sp³-hybridized carbons (Fsp3) is 0.333. The topological polar surface area (TPSA) is 54.0 Å². The van der Waals surface area contributed by atoms with Crippen LogP contribution in [0.5, 0.6) is 0 Å². The highest BCUT2D eigenvalue weighted by Crippen LogP contribution is 2.29. The molecule has 0 radical (unpaired) electrons. The number of rotatable bonds is 7. The van der Waals surface area contributed by atoms with Crippen LogP contribution in [0.25, 0.3) is 0 Å². The van der Waals surface area contributed by atoms with Crippen LogP contribution in [0.1, 0.15) is 31.9 Å². The fourth-order valence-corrected chi connectivity index (χ4v) is 2.36. The van der Waals surface area contributed by atoms with E-state index in [4.69, 9.17) is 0 Å². The van der Waals surface area contributed by atoms with Gasteiger partial charge in [0.1, 0.15) is 11.5 Å². The highest BCUT2D eigenvalue weighted by molar-refractivity contribution is 5.90. The standard InChI is InChI=1S/C18H19F4N3O/c1-12(24-15-9-10-23-16(11-15)18(20,21)22)3-2-4-17(26)25-14-7-5-13(19)6-8-14/h5-12H,2-4H2,1H3,(H,23,24)(H,25,26). The minimum atomic E-state index is -4.49. The lowest BCUT2D eigenvalue weighted by Crippen LogP contribution is -2.18. The van der Waals surface area contributed by atoms with Crippen molar-refractivity contribution in [2.45, 2.75) is 38.4 Å². The first-order chi connectivity index (χ1) is 12.2. The molecule has 26 heavy (non-hydrogen) atoms. The molecule has 1 amide bonds. The maximum atomic E-state index is 12.8. The van der Waals surface area contributed by atoms with E-state index in [1.807, 2.05) is 6.92 Å². The lowest BCUT2D eigenvalue weighted by atomic mass is 10.1. The van der Waals surface area contributed by atoms with Gasteiger partial charge < -0.3 is 10.6 Å². The molecule has 1 aromatic carbocycles. The summed E-state index contributed by atoms with van der Waals surface area (Å²) in [6, 6.07) is 7.76. The van der Waals surface area contributed by atoms with Gasteiger partial charge >= 0.3 is 6.18 Å². The van der Waals surface area contributed by atoms with Crippen molar-refractivity contribution in [1.29, 1.82) is 0 Å². The highest BCUT2D eigenvalue weighted by atomic mass is 19.4. The number of nitrogens with zero attached hydrogens (tertiary/aromatic N) is 1. The Balaban J connectivity index is 1.75. The van der Waals surface area contributed by atoms with Crippen LogP contribution in [0.15, 0.2) is 42.6 Å². The lowest BCUT2D eigenvalue weighted by molar-refractivity contribution is -0.141. The van der Waals surface area contributed by atoms with Gasteiger partial charge in [-0.05, 0) is 56.2 Å². The number of benzene rings is 1. The highest BCUT2D eigenvalue weighted by Gasteiger charge is 2.32. The Morgan fingerprint density at radius 3 is 2.50 bits per heavy atom. The molecule has 2 rings (SSSR count). The number of hydrogen-bond acceptors (Lipinski definition) is 3. The second-order valence-corrected chi connectivity index (χ2v) is 5.92. The molecular formula is C18H19F4N3O. The Hall–Kier alpha value is -2.64. The van der Waals surface area contributed by atoms with E-state index in [1.165, 1.54) is 30.3 Å². The molecule has 2 N–H and O–H groups in total. The summed E-state index contributed by atoms with van der Waals surface area (Å²) in [5, 5.41) is 5.63. The van der Waals surface area contributed by atoms with Crippen molar-refractivity contribution in [3.63, 3.8) is 0 Å². The fourth-order valence-electron chi connectivity index (χ4n) is 2.36. The largest absolute Gasteiger partial charge is 0.433 e. The van der Waals surface area contributed by atoms with Gasteiger partial charge in [0, 0.05) is 30.0 Å². The SMILES string of the molecule is CC(CCCC(=O)Nc1ccc(F)cc1)Nc1ccnc(C(F)(F)F)c1. The van der Waals surface area contributed by atoms with Crippen LogP contribution in [0.4, 0.5) is 28.9 Å². The average molecular weight is 369 g/mol. The smallest absolute Gasteiger partial charge is 0.382 e. The summed E-state index contributed by atoms with van der Waals surface area (Å²) in [4.78, 5) is 15.1. The summed E-state index contributed by atoms with van der Waals surface area (Å²) >= 11 is 0. The molecule has 2 aromatic rings. The van der Waals surface area contributed by atoms with Gasteiger partial charge in [-0.25, -0.2) is 4.39 Å². The second-order valence-electron chi connectivity index (χ2n) is 5.92. The number of amides is 1. The molecule has 0 bridgehead atoms. The van der Waals surface area contributed by atoms with Crippen molar-refractivity contribution < 1.29 is 22.4 Å². The molecule has 1 heterocycles. The zero-order valence-corrected chi connectivity index (χ0v) is 14.1. The molecule has 1 unspecified atom stereocenters. The van der Waals surface area contributed by atoms with Crippen molar-refractivity contribution in [3.05, 3.63) is 54.1 Å². The molecule has 0 aliphatic heterocycles. The second kappa shape index (κ2) is 8.64. The molecule has 0 aliphatic rings. The van der Waals surface area contributed by atoms with E-state index in [2.05, 4.69) is 15.6 Å². The minimum absolute atomic E-state index is 0.114. The third kappa shape index (κ3) is 6.34. The van der Waals surface area contributed by atoms with Crippen molar-refractivity contribution >= 4 is 17.3 Å². The first kappa shape index (κ1) is 19.7. The van der Waals surface area contributed by atoms with Crippen LogP contribution in [0.3, 0.4) is 0 Å². The van der Waals surface area contributed by atoms with E-state index in [0.717, 1.165) is 12.3 Å². The van der Waals surface area contributed by atoms with Gasteiger partial charge in [-0.1, -0.05) is 0 Å². The summed E-state index contributed by atoms with van der Waals surface area (Å²) in [6.07, 6.45) is -1.97. The normalized spacial score (nSPS) is 12.5. The zero-order chi connectivity index (χ0) is 19.2. The Morgan fingerprint density at radius 1 is 1.15 bits per heavy atom. The van der Waals surface area contributed by atoms with E-state index in [-0.39, 0.29) is 24.2 Å². The van der Waals surface area contributed by atoms with Crippen LogP contribution in [0.2, 0.25) is 0 Å². The van der Waals surface area contributed by atoms with Crippen LogP contribution < -0.4 is 10.6 Å². The van der Waals surface area contributed by atoms with Gasteiger partial charge in [0.15, 0.2) is 0 Å². The molecule has 0 fully saturated rings. The third-order valence-electron chi connectivity index (χ3n) is 3.63. The van der Waals surface area contributed by atoms with E-state index in [1.54, 1.807) is 0 Å². The number of anilines is 2. The number of carbonyl (C=O) groups excluding carboxylic acids is 1. The quantitative estimate of drug-likeness (QED) is 0.686. The minimum Gasteiger partial charge on any atom is -0.382 e. The molecule has 1 atom stereocenters.